The zero-order valence-electron chi connectivity index (χ0n) is 23.4. The highest BCUT2D eigenvalue weighted by Crippen LogP contribution is 2.41. The lowest BCUT2D eigenvalue weighted by molar-refractivity contribution is -0.282. The van der Waals surface area contributed by atoms with Gasteiger partial charge in [-0.3, -0.25) is 0 Å². The van der Waals surface area contributed by atoms with Crippen LogP contribution in [0.3, 0.4) is 0 Å². The van der Waals surface area contributed by atoms with Gasteiger partial charge in [-0.1, -0.05) is 94.5 Å². The van der Waals surface area contributed by atoms with E-state index < -0.39 is 12.3 Å². The van der Waals surface area contributed by atoms with Crippen molar-refractivity contribution < 1.29 is 17.9 Å². The number of ether oxygens (including phenoxy) is 1. The van der Waals surface area contributed by atoms with Gasteiger partial charge < -0.3 is 4.74 Å². The largest absolute Gasteiger partial charge is 0.391 e. The van der Waals surface area contributed by atoms with Crippen LogP contribution in [0.4, 0.5) is 13.2 Å². The topological polar surface area (TPSA) is 9.23 Å². The van der Waals surface area contributed by atoms with E-state index in [4.69, 9.17) is 4.74 Å². The summed E-state index contributed by atoms with van der Waals surface area (Å²) in [5.41, 5.74) is 3.03. The maximum absolute atomic E-state index is 14.8. The molecule has 0 aromatic heterocycles. The van der Waals surface area contributed by atoms with Crippen molar-refractivity contribution in [3.63, 3.8) is 0 Å². The minimum absolute atomic E-state index is 0.0263. The Bertz CT molecular complexity index is 939. The number of benzene rings is 2. The molecule has 4 rings (SSSR count). The van der Waals surface area contributed by atoms with Crippen LogP contribution in [-0.4, -0.2) is 6.11 Å². The second kappa shape index (κ2) is 14.0. The van der Waals surface area contributed by atoms with Crippen LogP contribution in [0.2, 0.25) is 0 Å². The lowest BCUT2D eigenvalue weighted by Crippen LogP contribution is -2.27. The second-order valence-corrected chi connectivity index (χ2v) is 12.0. The van der Waals surface area contributed by atoms with Crippen molar-refractivity contribution in [2.45, 2.75) is 128 Å². The van der Waals surface area contributed by atoms with Crippen LogP contribution in [0, 0.1) is 11.8 Å². The highest BCUT2D eigenvalue weighted by atomic mass is 19.3. The first-order chi connectivity index (χ1) is 18.4. The van der Waals surface area contributed by atoms with Gasteiger partial charge in [0.05, 0.1) is 6.61 Å². The molecule has 0 aliphatic heterocycles. The molecule has 0 radical (unpaired) electrons. The minimum Gasteiger partial charge on any atom is -0.313 e. The lowest BCUT2D eigenvalue weighted by atomic mass is 9.77. The third-order valence-electron chi connectivity index (χ3n) is 9.36. The molecule has 2 aromatic carbocycles. The molecule has 0 bridgehead atoms. The summed E-state index contributed by atoms with van der Waals surface area (Å²) in [7, 11) is 0. The molecule has 2 saturated carbocycles. The average Bonchev–Trinajstić information content (AvgIpc) is 2.97. The van der Waals surface area contributed by atoms with E-state index in [1.807, 2.05) is 36.4 Å². The van der Waals surface area contributed by atoms with Gasteiger partial charge in [-0.15, -0.1) is 0 Å². The highest BCUT2D eigenvalue weighted by Gasteiger charge is 2.43. The fraction of sp³-hybridized carbons (Fsp3) is 0.647. The number of unbranched alkanes of at least 4 members (excludes halogenated alkanes) is 2. The molecular formula is C34H47F3O. The Balaban J connectivity index is 1.24. The van der Waals surface area contributed by atoms with Gasteiger partial charge in [-0.25, -0.2) is 4.39 Å². The van der Waals surface area contributed by atoms with Crippen molar-refractivity contribution in [3.8, 4) is 0 Å². The molecule has 0 heterocycles. The molecular weight excluding hydrogens is 481 g/mol. The number of rotatable bonds is 12. The van der Waals surface area contributed by atoms with E-state index in [-0.39, 0.29) is 12.2 Å². The Morgan fingerprint density at radius 1 is 0.737 bits per heavy atom. The van der Waals surface area contributed by atoms with Crippen LogP contribution in [0.1, 0.15) is 138 Å². The van der Waals surface area contributed by atoms with Gasteiger partial charge in [-0.2, -0.15) is 8.78 Å². The first kappa shape index (κ1) is 29.2. The van der Waals surface area contributed by atoms with Crippen molar-refractivity contribution in [2.75, 3.05) is 0 Å². The first-order valence-corrected chi connectivity index (χ1v) is 15.2. The quantitative estimate of drug-likeness (QED) is 0.249. The maximum Gasteiger partial charge on any atom is 0.391 e. The van der Waals surface area contributed by atoms with Gasteiger partial charge in [0.15, 0.2) is 0 Å². The SMILES string of the molecule is CCCCCC1CCC(c2ccc(COC(F)(F)C(F)c3ccc(C4CCC(CC)CC4)cc3)cc2)CC1. The number of halogens is 3. The molecule has 2 fully saturated rings. The number of hydrogen-bond acceptors (Lipinski definition) is 1. The molecule has 210 valence electrons. The van der Waals surface area contributed by atoms with Crippen LogP contribution in [-0.2, 0) is 11.3 Å². The van der Waals surface area contributed by atoms with Gasteiger partial charge in [0.1, 0.15) is 0 Å². The van der Waals surface area contributed by atoms with E-state index in [9.17, 15) is 13.2 Å². The van der Waals surface area contributed by atoms with E-state index in [0.29, 0.717) is 17.4 Å². The fourth-order valence-electron chi connectivity index (χ4n) is 6.64. The van der Waals surface area contributed by atoms with Crippen LogP contribution in [0.15, 0.2) is 48.5 Å². The molecule has 1 unspecified atom stereocenters. The number of alkyl halides is 3. The standard InChI is InChI=1S/C34H47F3O/c1-3-5-6-7-26-10-16-29(17-11-26)30-18-12-27(13-19-30)24-38-34(36,37)33(35)32-22-20-31(21-23-32)28-14-8-25(4-2)9-15-28/h12-13,18-23,25-26,28-29,33H,3-11,14-17,24H2,1-2H3. The Hall–Kier alpha value is -1.81. The molecule has 4 heteroatoms. The Labute approximate surface area is 228 Å². The van der Waals surface area contributed by atoms with Crippen LogP contribution < -0.4 is 0 Å². The summed E-state index contributed by atoms with van der Waals surface area (Å²) in [5, 5.41) is 0. The van der Waals surface area contributed by atoms with E-state index in [2.05, 4.69) is 13.8 Å². The van der Waals surface area contributed by atoms with Crippen molar-refractivity contribution in [3.05, 3.63) is 70.8 Å². The van der Waals surface area contributed by atoms with Crippen LogP contribution >= 0.6 is 0 Å². The van der Waals surface area contributed by atoms with Crippen molar-refractivity contribution >= 4 is 0 Å². The molecule has 1 nitrogen and oxygen atoms in total. The highest BCUT2D eigenvalue weighted by molar-refractivity contribution is 5.28. The summed E-state index contributed by atoms with van der Waals surface area (Å²) < 4.78 is 49.0. The number of hydrogen-bond donors (Lipinski definition) is 0. The molecule has 0 spiro atoms. The van der Waals surface area contributed by atoms with Crippen molar-refractivity contribution in [1.29, 1.82) is 0 Å². The Morgan fingerprint density at radius 3 is 1.79 bits per heavy atom. The van der Waals surface area contributed by atoms with Gasteiger partial charge in [0.2, 0.25) is 6.17 Å². The van der Waals surface area contributed by atoms with E-state index in [0.717, 1.165) is 30.2 Å². The predicted octanol–water partition coefficient (Wildman–Crippen LogP) is 11.0. The average molecular weight is 529 g/mol. The molecule has 2 aliphatic carbocycles. The van der Waals surface area contributed by atoms with E-state index in [1.165, 1.54) is 88.3 Å². The lowest BCUT2D eigenvalue weighted by Gasteiger charge is -2.29. The summed E-state index contributed by atoms with van der Waals surface area (Å²) in [6.07, 6.45) is 9.78. The summed E-state index contributed by atoms with van der Waals surface area (Å²) >= 11 is 0. The zero-order valence-corrected chi connectivity index (χ0v) is 23.4. The molecule has 0 saturated heterocycles. The van der Waals surface area contributed by atoms with E-state index in [1.54, 1.807) is 0 Å². The molecule has 0 amide bonds. The third-order valence-corrected chi connectivity index (χ3v) is 9.36. The van der Waals surface area contributed by atoms with Crippen LogP contribution in [0.5, 0.6) is 0 Å². The summed E-state index contributed by atoms with van der Waals surface area (Å²) in [6, 6.07) is 14.5. The molecule has 0 N–H and O–H groups in total. The Kier molecular flexibility index (Phi) is 10.8. The molecule has 2 aliphatic rings. The maximum atomic E-state index is 14.8. The zero-order chi connectivity index (χ0) is 27.0. The summed E-state index contributed by atoms with van der Waals surface area (Å²) in [4.78, 5) is 0. The first-order valence-electron chi connectivity index (χ1n) is 15.2. The second-order valence-electron chi connectivity index (χ2n) is 12.0. The van der Waals surface area contributed by atoms with Crippen molar-refractivity contribution in [2.24, 2.45) is 11.8 Å². The third kappa shape index (κ3) is 7.87. The Morgan fingerprint density at radius 2 is 1.26 bits per heavy atom. The fourth-order valence-corrected chi connectivity index (χ4v) is 6.64. The van der Waals surface area contributed by atoms with Gasteiger partial charge in [0.25, 0.3) is 0 Å². The molecule has 1 atom stereocenters. The minimum atomic E-state index is -3.88. The smallest absolute Gasteiger partial charge is 0.313 e. The monoisotopic (exact) mass is 528 g/mol. The predicted molar refractivity (Wildman–Crippen MR) is 150 cm³/mol. The molecule has 38 heavy (non-hydrogen) atoms. The van der Waals surface area contributed by atoms with Crippen LogP contribution in [0.25, 0.3) is 0 Å². The molecule has 2 aromatic rings. The summed E-state index contributed by atoms with van der Waals surface area (Å²) in [6.45, 7) is 4.18. The summed E-state index contributed by atoms with van der Waals surface area (Å²) in [5.74, 6) is 2.66. The van der Waals surface area contributed by atoms with Gasteiger partial charge in [-0.05, 0) is 97.3 Å². The van der Waals surface area contributed by atoms with Gasteiger partial charge in [0, 0.05) is 0 Å². The van der Waals surface area contributed by atoms with Crippen molar-refractivity contribution in [1.82, 2.24) is 0 Å². The van der Waals surface area contributed by atoms with E-state index >= 15 is 0 Å². The normalized spacial score (nSPS) is 25.3. The van der Waals surface area contributed by atoms with Gasteiger partial charge >= 0.3 is 6.11 Å².